The SMILES string of the molecule is CCOC(=O)/C(C#N)=C/Nc1ccccc1C(=O)Nc1ccc2c(c1)OCO2. The molecule has 0 aromatic heterocycles. The van der Waals surface area contributed by atoms with E-state index in [1.54, 1.807) is 55.5 Å². The molecule has 0 bridgehead atoms. The molecule has 28 heavy (non-hydrogen) atoms. The molecule has 1 aliphatic heterocycles. The van der Waals surface area contributed by atoms with Crippen molar-refractivity contribution < 1.29 is 23.8 Å². The van der Waals surface area contributed by atoms with E-state index in [1.165, 1.54) is 6.20 Å². The Kier molecular flexibility index (Phi) is 5.77. The van der Waals surface area contributed by atoms with Crippen molar-refractivity contribution in [2.45, 2.75) is 6.92 Å². The highest BCUT2D eigenvalue weighted by Crippen LogP contribution is 2.34. The van der Waals surface area contributed by atoms with Crippen LogP contribution in [0, 0.1) is 11.3 Å². The molecule has 2 aromatic carbocycles. The summed E-state index contributed by atoms with van der Waals surface area (Å²) in [7, 11) is 0. The average molecular weight is 379 g/mol. The average Bonchev–Trinajstić information content (AvgIpc) is 3.17. The fraction of sp³-hybridized carbons (Fsp3) is 0.150. The number of anilines is 2. The van der Waals surface area contributed by atoms with Crippen LogP contribution >= 0.6 is 0 Å². The van der Waals surface area contributed by atoms with E-state index in [-0.39, 0.29) is 24.9 Å². The van der Waals surface area contributed by atoms with E-state index in [4.69, 9.17) is 19.5 Å². The lowest BCUT2D eigenvalue weighted by molar-refractivity contribution is -0.138. The second kappa shape index (κ2) is 8.60. The second-order valence-electron chi connectivity index (χ2n) is 5.60. The molecule has 2 N–H and O–H groups in total. The predicted octanol–water partition coefficient (Wildman–Crippen LogP) is 3.05. The smallest absolute Gasteiger partial charge is 0.350 e. The number of esters is 1. The van der Waals surface area contributed by atoms with Gasteiger partial charge in [-0.05, 0) is 31.2 Å². The number of carbonyl (C=O) groups is 2. The van der Waals surface area contributed by atoms with Crippen molar-refractivity contribution in [3.8, 4) is 17.6 Å². The number of hydrogen-bond acceptors (Lipinski definition) is 7. The van der Waals surface area contributed by atoms with Crippen molar-refractivity contribution in [1.82, 2.24) is 0 Å². The summed E-state index contributed by atoms with van der Waals surface area (Å²) in [6, 6.07) is 13.6. The summed E-state index contributed by atoms with van der Waals surface area (Å²) in [6.45, 7) is 1.95. The number of ether oxygens (including phenoxy) is 3. The first kappa shape index (κ1) is 18.8. The van der Waals surface area contributed by atoms with Gasteiger partial charge in [0.05, 0.1) is 17.9 Å². The maximum absolute atomic E-state index is 12.7. The van der Waals surface area contributed by atoms with Gasteiger partial charge in [-0.15, -0.1) is 0 Å². The van der Waals surface area contributed by atoms with Crippen molar-refractivity contribution >= 4 is 23.3 Å². The minimum Gasteiger partial charge on any atom is -0.462 e. The molecule has 0 unspecified atom stereocenters. The minimum absolute atomic E-state index is 0.146. The molecule has 0 saturated carbocycles. The molecule has 1 amide bonds. The van der Waals surface area contributed by atoms with E-state index in [1.807, 2.05) is 0 Å². The van der Waals surface area contributed by atoms with E-state index in [9.17, 15) is 9.59 Å². The Morgan fingerprint density at radius 3 is 2.79 bits per heavy atom. The Morgan fingerprint density at radius 2 is 2.00 bits per heavy atom. The summed E-state index contributed by atoms with van der Waals surface area (Å²) in [5, 5.41) is 14.7. The Balaban J connectivity index is 1.77. The zero-order chi connectivity index (χ0) is 19.9. The van der Waals surface area contributed by atoms with E-state index < -0.39 is 5.97 Å². The number of benzene rings is 2. The Hall–Kier alpha value is -3.99. The fourth-order valence-corrected chi connectivity index (χ4v) is 2.48. The van der Waals surface area contributed by atoms with Crippen LogP contribution in [0.15, 0.2) is 54.2 Å². The van der Waals surface area contributed by atoms with Gasteiger partial charge in [-0.25, -0.2) is 4.79 Å². The summed E-state index contributed by atoms with van der Waals surface area (Å²) in [5.74, 6) is 0.0678. The van der Waals surface area contributed by atoms with E-state index in [0.29, 0.717) is 28.4 Å². The summed E-state index contributed by atoms with van der Waals surface area (Å²) in [4.78, 5) is 24.4. The minimum atomic E-state index is -0.736. The molecule has 2 aromatic rings. The zero-order valence-electron chi connectivity index (χ0n) is 15.0. The molecule has 8 heteroatoms. The number of hydrogen-bond donors (Lipinski definition) is 2. The van der Waals surface area contributed by atoms with Gasteiger partial charge in [0.2, 0.25) is 6.79 Å². The molecule has 0 saturated heterocycles. The van der Waals surface area contributed by atoms with Gasteiger partial charge < -0.3 is 24.8 Å². The lowest BCUT2D eigenvalue weighted by atomic mass is 10.1. The first-order valence-electron chi connectivity index (χ1n) is 8.46. The molecule has 0 spiro atoms. The van der Waals surface area contributed by atoms with E-state index >= 15 is 0 Å². The molecule has 8 nitrogen and oxygen atoms in total. The third-order valence-electron chi connectivity index (χ3n) is 3.79. The van der Waals surface area contributed by atoms with Gasteiger partial charge in [0.15, 0.2) is 17.1 Å². The number of rotatable bonds is 6. The first-order valence-corrected chi connectivity index (χ1v) is 8.46. The van der Waals surface area contributed by atoms with Crippen LogP contribution in [-0.2, 0) is 9.53 Å². The van der Waals surface area contributed by atoms with Gasteiger partial charge >= 0.3 is 5.97 Å². The highest BCUT2D eigenvalue weighted by atomic mass is 16.7. The highest BCUT2D eigenvalue weighted by molar-refractivity contribution is 6.08. The van der Waals surface area contributed by atoms with Gasteiger partial charge in [-0.1, -0.05) is 12.1 Å². The lowest BCUT2D eigenvalue weighted by Crippen LogP contribution is -2.14. The Labute approximate surface area is 161 Å². The van der Waals surface area contributed by atoms with Crippen LogP contribution < -0.4 is 20.1 Å². The number of amides is 1. The van der Waals surface area contributed by atoms with Crippen LogP contribution in [0.5, 0.6) is 11.5 Å². The Bertz CT molecular complexity index is 978. The summed E-state index contributed by atoms with van der Waals surface area (Å²) >= 11 is 0. The number of nitriles is 1. The molecular weight excluding hydrogens is 362 g/mol. The summed E-state index contributed by atoms with van der Waals surface area (Å²) in [6.07, 6.45) is 1.21. The molecule has 0 fully saturated rings. The van der Waals surface area contributed by atoms with Gasteiger partial charge in [0, 0.05) is 18.0 Å². The highest BCUT2D eigenvalue weighted by Gasteiger charge is 2.16. The normalized spacial score (nSPS) is 12.1. The maximum Gasteiger partial charge on any atom is 0.350 e. The van der Waals surface area contributed by atoms with Gasteiger partial charge in [0.1, 0.15) is 6.07 Å². The van der Waals surface area contributed by atoms with Gasteiger partial charge in [-0.2, -0.15) is 5.26 Å². The number of nitrogens with one attached hydrogen (secondary N) is 2. The van der Waals surface area contributed by atoms with Crippen molar-refractivity contribution in [3.05, 3.63) is 59.8 Å². The zero-order valence-corrected chi connectivity index (χ0v) is 15.0. The largest absolute Gasteiger partial charge is 0.462 e. The van der Waals surface area contributed by atoms with Gasteiger partial charge in [0.25, 0.3) is 5.91 Å². The van der Waals surface area contributed by atoms with Crippen molar-refractivity contribution in [1.29, 1.82) is 5.26 Å². The van der Waals surface area contributed by atoms with Crippen LogP contribution in [0.25, 0.3) is 0 Å². The first-order chi connectivity index (χ1) is 13.6. The second-order valence-corrected chi connectivity index (χ2v) is 5.60. The topological polar surface area (TPSA) is 110 Å². The molecule has 1 aliphatic rings. The molecule has 0 atom stereocenters. The third-order valence-corrected chi connectivity index (χ3v) is 3.79. The van der Waals surface area contributed by atoms with Gasteiger partial charge in [-0.3, -0.25) is 4.79 Å². The van der Waals surface area contributed by atoms with Crippen LogP contribution in [0.4, 0.5) is 11.4 Å². The van der Waals surface area contributed by atoms with Crippen LogP contribution in [-0.4, -0.2) is 25.3 Å². The number of para-hydroxylation sites is 1. The predicted molar refractivity (Wildman–Crippen MR) is 101 cm³/mol. The van der Waals surface area contributed by atoms with Crippen molar-refractivity contribution in [2.75, 3.05) is 24.0 Å². The van der Waals surface area contributed by atoms with E-state index in [2.05, 4.69) is 10.6 Å². The number of carbonyl (C=O) groups excluding carboxylic acids is 2. The van der Waals surface area contributed by atoms with Crippen molar-refractivity contribution in [3.63, 3.8) is 0 Å². The maximum atomic E-state index is 12.7. The molecule has 1 heterocycles. The number of nitrogens with zero attached hydrogens (tertiary/aromatic N) is 1. The monoisotopic (exact) mass is 379 g/mol. The lowest BCUT2D eigenvalue weighted by Gasteiger charge is -2.11. The summed E-state index contributed by atoms with van der Waals surface area (Å²) < 4.78 is 15.4. The Morgan fingerprint density at radius 1 is 1.21 bits per heavy atom. The van der Waals surface area contributed by atoms with Crippen LogP contribution in [0.3, 0.4) is 0 Å². The molecule has 0 radical (unpaired) electrons. The molecule has 142 valence electrons. The molecule has 3 rings (SSSR count). The molecule has 0 aliphatic carbocycles. The standard InChI is InChI=1S/C20H17N3O5/c1-2-26-20(25)13(10-21)11-22-16-6-4-3-5-15(16)19(24)23-14-7-8-17-18(9-14)28-12-27-17/h3-9,11,22H,2,12H2,1H3,(H,23,24)/b13-11+. The van der Waals surface area contributed by atoms with Crippen LogP contribution in [0.1, 0.15) is 17.3 Å². The third kappa shape index (κ3) is 4.22. The number of fused-ring (bicyclic) bond motifs is 1. The fourth-order valence-electron chi connectivity index (χ4n) is 2.48. The molecular formula is C20H17N3O5. The van der Waals surface area contributed by atoms with Crippen LogP contribution in [0.2, 0.25) is 0 Å². The summed E-state index contributed by atoms with van der Waals surface area (Å²) in [5.41, 5.74) is 1.10. The quantitative estimate of drug-likeness (QED) is 0.451. The van der Waals surface area contributed by atoms with E-state index in [0.717, 1.165) is 0 Å². The van der Waals surface area contributed by atoms with Crippen molar-refractivity contribution in [2.24, 2.45) is 0 Å².